The molecule has 0 fully saturated rings. The van der Waals surface area contributed by atoms with Crippen molar-refractivity contribution in [3.8, 4) is 5.75 Å². The number of carbonyl (C=O) groups excluding carboxylic acids is 1. The van der Waals surface area contributed by atoms with Gasteiger partial charge in [-0.2, -0.15) is 0 Å². The van der Waals surface area contributed by atoms with E-state index in [0.29, 0.717) is 35.2 Å². The van der Waals surface area contributed by atoms with E-state index in [1.807, 2.05) is 37.3 Å². The van der Waals surface area contributed by atoms with E-state index in [0.717, 1.165) is 11.3 Å². The minimum Gasteiger partial charge on any atom is -0.492 e. The summed E-state index contributed by atoms with van der Waals surface area (Å²) in [6.45, 7) is 2.26. The molecule has 0 aliphatic rings. The van der Waals surface area contributed by atoms with Crippen molar-refractivity contribution in [2.24, 2.45) is 0 Å². The molecule has 0 unspecified atom stereocenters. The number of amides is 1. The van der Waals surface area contributed by atoms with Crippen LogP contribution in [-0.4, -0.2) is 12.5 Å². The lowest BCUT2D eigenvalue weighted by Crippen LogP contribution is -2.12. The maximum Gasteiger partial charge on any atom is 0.224 e. The number of hydrogen-bond acceptors (Lipinski definition) is 2. The molecule has 116 valence electrons. The summed E-state index contributed by atoms with van der Waals surface area (Å²) in [6.07, 6.45) is 0.996. The fourth-order valence-corrected chi connectivity index (χ4v) is 2.33. The third-order valence-corrected chi connectivity index (χ3v) is 4.03. The van der Waals surface area contributed by atoms with E-state index in [2.05, 4.69) is 5.32 Å². The number of para-hydroxylation sites is 1. The summed E-state index contributed by atoms with van der Waals surface area (Å²) in [5.74, 6) is 0.556. The molecule has 0 saturated carbocycles. The molecule has 2 rings (SSSR count). The van der Waals surface area contributed by atoms with E-state index in [1.165, 1.54) is 0 Å². The lowest BCUT2D eigenvalue weighted by molar-refractivity contribution is -0.116. The van der Waals surface area contributed by atoms with Crippen molar-refractivity contribution in [2.45, 2.75) is 19.8 Å². The summed E-state index contributed by atoms with van der Waals surface area (Å²) in [4.78, 5) is 11.8. The second-order valence-electron chi connectivity index (χ2n) is 4.85. The maximum atomic E-state index is 11.8. The summed E-state index contributed by atoms with van der Waals surface area (Å²) in [6, 6.07) is 12.9. The zero-order chi connectivity index (χ0) is 15.9. The monoisotopic (exact) mass is 337 g/mol. The van der Waals surface area contributed by atoms with Crippen LogP contribution in [0.15, 0.2) is 42.5 Å². The second kappa shape index (κ2) is 8.06. The van der Waals surface area contributed by atoms with Gasteiger partial charge < -0.3 is 10.1 Å². The lowest BCUT2D eigenvalue weighted by Gasteiger charge is -2.10. The topological polar surface area (TPSA) is 38.3 Å². The normalized spacial score (nSPS) is 10.3. The quantitative estimate of drug-likeness (QED) is 0.744. The molecular formula is C17H17Cl2NO2. The molecule has 0 bridgehead atoms. The molecule has 0 heterocycles. The second-order valence-corrected chi connectivity index (χ2v) is 5.64. The first-order valence-corrected chi connectivity index (χ1v) is 7.76. The van der Waals surface area contributed by atoms with Crippen LogP contribution in [0.1, 0.15) is 18.4 Å². The van der Waals surface area contributed by atoms with Crippen molar-refractivity contribution in [1.29, 1.82) is 0 Å². The average molecular weight is 338 g/mol. The van der Waals surface area contributed by atoms with E-state index in [-0.39, 0.29) is 5.91 Å². The fraction of sp³-hybridized carbons (Fsp3) is 0.235. The molecule has 0 aromatic heterocycles. The summed E-state index contributed by atoms with van der Waals surface area (Å²) < 4.78 is 5.60. The Hall–Kier alpha value is -1.71. The van der Waals surface area contributed by atoms with Gasteiger partial charge in [-0.25, -0.2) is 0 Å². The van der Waals surface area contributed by atoms with Gasteiger partial charge in [0.1, 0.15) is 5.75 Å². The molecule has 0 spiro atoms. The van der Waals surface area contributed by atoms with Crippen molar-refractivity contribution in [2.75, 3.05) is 11.9 Å². The van der Waals surface area contributed by atoms with Gasteiger partial charge in [0.05, 0.1) is 11.6 Å². The fourth-order valence-electron chi connectivity index (χ4n) is 1.91. The predicted octanol–water partition coefficient (Wildman–Crippen LogP) is 5.10. The standard InChI is InChI=1S/C17H17Cl2NO2/c1-12-14(18)9-10-15(17(12)19)22-11-5-8-16(21)20-13-6-3-2-4-7-13/h2-4,6-7,9-10H,5,8,11H2,1H3,(H,20,21). The van der Waals surface area contributed by atoms with Crippen molar-refractivity contribution in [1.82, 2.24) is 0 Å². The summed E-state index contributed by atoms with van der Waals surface area (Å²) >= 11 is 12.1. The molecule has 0 atom stereocenters. The van der Waals surface area contributed by atoms with Gasteiger partial charge in [-0.05, 0) is 43.2 Å². The van der Waals surface area contributed by atoms with E-state index < -0.39 is 0 Å². The number of ether oxygens (including phenoxy) is 1. The van der Waals surface area contributed by atoms with Gasteiger partial charge in [0.2, 0.25) is 5.91 Å². The average Bonchev–Trinajstić information content (AvgIpc) is 2.52. The van der Waals surface area contributed by atoms with Gasteiger partial charge in [0.15, 0.2) is 0 Å². The molecule has 0 aliphatic carbocycles. The van der Waals surface area contributed by atoms with Crippen LogP contribution in [0.3, 0.4) is 0 Å². The minimum atomic E-state index is -0.0341. The zero-order valence-corrected chi connectivity index (χ0v) is 13.7. The zero-order valence-electron chi connectivity index (χ0n) is 12.2. The van der Waals surface area contributed by atoms with Gasteiger partial charge in [-0.1, -0.05) is 41.4 Å². The van der Waals surface area contributed by atoms with Crippen LogP contribution in [-0.2, 0) is 4.79 Å². The molecule has 0 saturated heterocycles. The Morgan fingerprint density at radius 1 is 1.14 bits per heavy atom. The molecular weight excluding hydrogens is 321 g/mol. The SMILES string of the molecule is Cc1c(Cl)ccc(OCCCC(=O)Nc2ccccc2)c1Cl. The van der Waals surface area contributed by atoms with Crippen LogP contribution in [0.25, 0.3) is 0 Å². The van der Waals surface area contributed by atoms with Gasteiger partial charge in [-0.15, -0.1) is 0 Å². The highest BCUT2D eigenvalue weighted by Gasteiger charge is 2.08. The molecule has 0 aliphatic heterocycles. The maximum absolute atomic E-state index is 11.8. The van der Waals surface area contributed by atoms with Crippen LogP contribution >= 0.6 is 23.2 Å². The summed E-state index contributed by atoms with van der Waals surface area (Å²) in [5.41, 5.74) is 1.59. The van der Waals surface area contributed by atoms with Crippen LogP contribution < -0.4 is 10.1 Å². The first-order chi connectivity index (χ1) is 10.6. The Bertz CT molecular complexity index is 645. The van der Waals surface area contributed by atoms with Crippen LogP contribution in [0.2, 0.25) is 10.0 Å². The highest BCUT2D eigenvalue weighted by molar-refractivity contribution is 6.36. The summed E-state index contributed by atoms with van der Waals surface area (Å²) in [7, 11) is 0. The van der Waals surface area contributed by atoms with Gasteiger partial charge in [0, 0.05) is 17.1 Å². The number of rotatable bonds is 6. The third-order valence-electron chi connectivity index (χ3n) is 3.15. The lowest BCUT2D eigenvalue weighted by atomic mass is 10.2. The Morgan fingerprint density at radius 3 is 2.59 bits per heavy atom. The summed E-state index contributed by atoms with van der Waals surface area (Å²) in [5, 5.41) is 3.96. The molecule has 0 radical (unpaired) electrons. The molecule has 5 heteroatoms. The Labute approximate surface area is 140 Å². The molecule has 3 nitrogen and oxygen atoms in total. The molecule has 2 aromatic carbocycles. The first-order valence-electron chi connectivity index (χ1n) is 7.00. The van der Waals surface area contributed by atoms with E-state index in [1.54, 1.807) is 12.1 Å². The predicted molar refractivity (Wildman–Crippen MR) is 91.0 cm³/mol. The minimum absolute atomic E-state index is 0.0341. The van der Waals surface area contributed by atoms with Crippen LogP contribution in [0, 0.1) is 6.92 Å². The largest absolute Gasteiger partial charge is 0.492 e. The molecule has 1 amide bonds. The number of anilines is 1. The smallest absolute Gasteiger partial charge is 0.224 e. The van der Waals surface area contributed by atoms with Crippen LogP contribution in [0.5, 0.6) is 5.75 Å². The molecule has 1 N–H and O–H groups in total. The molecule has 22 heavy (non-hydrogen) atoms. The van der Waals surface area contributed by atoms with Gasteiger partial charge in [-0.3, -0.25) is 4.79 Å². The third kappa shape index (κ3) is 4.65. The highest BCUT2D eigenvalue weighted by Crippen LogP contribution is 2.32. The Morgan fingerprint density at radius 2 is 1.86 bits per heavy atom. The van der Waals surface area contributed by atoms with Gasteiger partial charge >= 0.3 is 0 Å². The van der Waals surface area contributed by atoms with Crippen molar-refractivity contribution < 1.29 is 9.53 Å². The van der Waals surface area contributed by atoms with Crippen molar-refractivity contribution in [3.63, 3.8) is 0 Å². The van der Waals surface area contributed by atoms with E-state index in [4.69, 9.17) is 27.9 Å². The first kappa shape index (κ1) is 16.7. The van der Waals surface area contributed by atoms with E-state index >= 15 is 0 Å². The van der Waals surface area contributed by atoms with Crippen molar-refractivity contribution >= 4 is 34.8 Å². The number of benzene rings is 2. The van der Waals surface area contributed by atoms with Crippen molar-refractivity contribution in [3.05, 3.63) is 58.1 Å². The molecule has 2 aromatic rings. The Kier molecular flexibility index (Phi) is 6.10. The van der Waals surface area contributed by atoms with E-state index in [9.17, 15) is 4.79 Å². The Balaban J connectivity index is 1.75. The number of halogens is 2. The number of hydrogen-bond donors (Lipinski definition) is 1. The highest BCUT2D eigenvalue weighted by atomic mass is 35.5. The van der Waals surface area contributed by atoms with Crippen LogP contribution in [0.4, 0.5) is 5.69 Å². The number of nitrogens with one attached hydrogen (secondary N) is 1. The van der Waals surface area contributed by atoms with Gasteiger partial charge in [0.25, 0.3) is 0 Å². The number of carbonyl (C=O) groups is 1.